The fraction of sp³-hybridized carbons (Fsp3) is 0.692. The number of hydrogen-bond donors (Lipinski definition) is 2. The van der Waals surface area contributed by atoms with Gasteiger partial charge in [-0.1, -0.05) is 50.3 Å². The van der Waals surface area contributed by atoms with E-state index in [-0.39, 0.29) is 6.10 Å². The maximum Gasteiger partial charge on any atom is 0.0543 e. The van der Waals surface area contributed by atoms with E-state index in [0.717, 1.165) is 30.6 Å². The average molecular weight is 380 g/mol. The largest absolute Gasteiger partial charge is 0.393 e. The lowest BCUT2D eigenvalue weighted by Gasteiger charge is -2.62. The summed E-state index contributed by atoms with van der Waals surface area (Å²) in [7, 11) is 2.15. The predicted octanol–water partition coefficient (Wildman–Crippen LogP) is 5.28. The molecule has 3 saturated carbocycles. The van der Waals surface area contributed by atoms with Gasteiger partial charge in [0.15, 0.2) is 0 Å². The van der Waals surface area contributed by atoms with Crippen molar-refractivity contribution < 1.29 is 5.11 Å². The van der Waals surface area contributed by atoms with Gasteiger partial charge in [0.25, 0.3) is 0 Å². The van der Waals surface area contributed by atoms with Crippen molar-refractivity contribution >= 4 is 5.57 Å². The molecular formula is C26H37NO. The van der Waals surface area contributed by atoms with Gasteiger partial charge in [0.05, 0.1) is 6.10 Å². The summed E-state index contributed by atoms with van der Waals surface area (Å²) in [6.45, 7) is 5.14. The molecule has 5 rings (SSSR count). The van der Waals surface area contributed by atoms with E-state index in [4.69, 9.17) is 0 Å². The Hall–Kier alpha value is -1.12. The molecule has 1 aromatic carbocycles. The van der Waals surface area contributed by atoms with Crippen LogP contribution in [0.1, 0.15) is 64.4 Å². The van der Waals surface area contributed by atoms with Crippen molar-refractivity contribution in [2.45, 2.75) is 70.9 Å². The van der Waals surface area contributed by atoms with Crippen LogP contribution >= 0.6 is 0 Å². The quantitative estimate of drug-likeness (QED) is 0.732. The second kappa shape index (κ2) is 6.71. The summed E-state index contributed by atoms with van der Waals surface area (Å²) >= 11 is 0. The zero-order valence-corrected chi connectivity index (χ0v) is 17.8. The molecule has 2 nitrogen and oxygen atoms in total. The van der Waals surface area contributed by atoms with Crippen molar-refractivity contribution in [3.63, 3.8) is 0 Å². The number of hydrogen-bond acceptors (Lipinski definition) is 2. The molecule has 3 fully saturated rings. The molecule has 2 N–H and O–H groups in total. The molecular weight excluding hydrogens is 342 g/mol. The normalized spacial score (nSPS) is 47.6. The van der Waals surface area contributed by atoms with E-state index in [1.807, 2.05) is 0 Å². The molecule has 28 heavy (non-hydrogen) atoms. The molecule has 1 aromatic rings. The lowest BCUT2D eigenvalue weighted by atomic mass is 9.43. The van der Waals surface area contributed by atoms with Gasteiger partial charge in [0.2, 0.25) is 0 Å². The summed E-state index contributed by atoms with van der Waals surface area (Å²) in [6.07, 6.45) is 10.9. The second-order valence-electron chi connectivity index (χ2n) is 10.7. The highest BCUT2D eigenvalue weighted by molar-refractivity contribution is 5.72. The summed E-state index contributed by atoms with van der Waals surface area (Å²) in [4.78, 5) is 0. The Balaban J connectivity index is 1.48. The van der Waals surface area contributed by atoms with E-state index >= 15 is 0 Å². The molecule has 0 amide bonds. The molecule has 8 atom stereocenters. The summed E-state index contributed by atoms with van der Waals surface area (Å²) < 4.78 is 0. The molecule has 0 spiro atoms. The maximum absolute atomic E-state index is 10.4. The van der Waals surface area contributed by atoms with Crippen LogP contribution in [0.3, 0.4) is 0 Å². The monoisotopic (exact) mass is 379 g/mol. The number of fused-ring (bicyclic) bond motifs is 5. The van der Waals surface area contributed by atoms with Gasteiger partial charge in [-0.3, -0.25) is 0 Å². The third-order valence-corrected chi connectivity index (χ3v) is 9.72. The Morgan fingerprint density at radius 1 is 0.964 bits per heavy atom. The SMILES string of the molecule is CN[C@H]1C[C@@H]2[C@H](CC[C@]3(C)C(c4ccccc4)=CC[C@@H]23)[C@@]2(C)CC[C@H](O)C[C@H]12. The van der Waals surface area contributed by atoms with Crippen LogP contribution in [0.2, 0.25) is 0 Å². The average Bonchev–Trinajstić information content (AvgIpc) is 3.06. The van der Waals surface area contributed by atoms with Crippen LogP contribution in [-0.2, 0) is 0 Å². The van der Waals surface area contributed by atoms with Gasteiger partial charge in [-0.25, -0.2) is 0 Å². The fourth-order valence-electron chi connectivity index (χ4n) is 8.27. The first-order valence-electron chi connectivity index (χ1n) is 11.6. The highest BCUT2D eigenvalue weighted by Gasteiger charge is 2.60. The molecule has 152 valence electrons. The van der Waals surface area contributed by atoms with Crippen LogP contribution in [0, 0.1) is 34.5 Å². The summed E-state index contributed by atoms with van der Waals surface area (Å²) in [5, 5.41) is 14.1. The third kappa shape index (κ3) is 2.60. The first-order chi connectivity index (χ1) is 13.5. The Bertz CT molecular complexity index is 757. The maximum atomic E-state index is 10.4. The first-order valence-corrected chi connectivity index (χ1v) is 11.6. The molecule has 0 aliphatic heterocycles. The summed E-state index contributed by atoms with van der Waals surface area (Å²) in [6, 6.07) is 11.7. The molecule has 0 unspecified atom stereocenters. The molecule has 0 aromatic heterocycles. The smallest absolute Gasteiger partial charge is 0.0543 e. The van der Waals surface area contributed by atoms with E-state index in [2.05, 4.69) is 62.6 Å². The van der Waals surface area contributed by atoms with Crippen LogP contribution in [0.5, 0.6) is 0 Å². The molecule has 2 heteroatoms. The standard InChI is InChI=1S/C26H37NO/c1-25-14-12-22-19(21(25)10-9-20(25)17-7-5-4-6-8-17)16-24(27-3)23-15-18(28)11-13-26(22,23)2/h4-9,18-19,21-24,27-28H,10-16H2,1-3H3/t18-,19-,21-,22-,23+,24-,25+,26+/m0/s1. The van der Waals surface area contributed by atoms with Gasteiger partial charge in [-0.15, -0.1) is 0 Å². The lowest BCUT2D eigenvalue weighted by molar-refractivity contribution is -0.127. The summed E-state index contributed by atoms with van der Waals surface area (Å²) in [5.41, 5.74) is 3.78. The second-order valence-corrected chi connectivity index (χ2v) is 10.7. The van der Waals surface area contributed by atoms with E-state index in [0.29, 0.717) is 22.8 Å². The Kier molecular flexibility index (Phi) is 4.52. The molecule has 0 saturated heterocycles. The molecule has 0 bridgehead atoms. The van der Waals surface area contributed by atoms with Gasteiger partial charge in [0, 0.05) is 6.04 Å². The number of rotatable bonds is 2. The molecule has 4 aliphatic carbocycles. The van der Waals surface area contributed by atoms with Gasteiger partial charge in [-0.2, -0.15) is 0 Å². The fourth-order valence-corrected chi connectivity index (χ4v) is 8.27. The molecule has 4 aliphatic rings. The zero-order valence-electron chi connectivity index (χ0n) is 17.8. The lowest BCUT2D eigenvalue weighted by Crippen LogP contribution is -2.60. The molecule has 0 heterocycles. The van der Waals surface area contributed by atoms with E-state index in [1.54, 1.807) is 5.57 Å². The van der Waals surface area contributed by atoms with Crippen LogP contribution in [0.25, 0.3) is 5.57 Å². The van der Waals surface area contributed by atoms with Crippen LogP contribution in [0.15, 0.2) is 36.4 Å². The molecule has 0 radical (unpaired) electrons. The first kappa shape index (κ1) is 18.9. The number of allylic oxidation sites excluding steroid dienone is 2. The topological polar surface area (TPSA) is 32.3 Å². The van der Waals surface area contributed by atoms with Crippen molar-refractivity contribution in [2.75, 3.05) is 7.05 Å². The van der Waals surface area contributed by atoms with Crippen LogP contribution < -0.4 is 5.32 Å². The van der Waals surface area contributed by atoms with E-state index < -0.39 is 0 Å². The van der Waals surface area contributed by atoms with Crippen molar-refractivity contribution in [2.24, 2.45) is 34.5 Å². The highest BCUT2D eigenvalue weighted by Crippen LogP contribution is 2.67. The minimum Gasteiger partial charge on any atom is -0.393 e. The number of aliphatic hydroxyl groups excluding tert-OH is 1. The van der Waals surface area contributed by atoms with Gasteiger partial charge < -0.3 is 10.4 Å². The number of benzene rings is 1. The highest BCUT2D eigenvalue weighted by atomic mass is 16.3. The van der Waals surface area contributed by atoms with Crippen molar-refractivity contribution in [1.82, 2.24) is 5.32 Å². The van der Waals surface area contributed by atoms with Crippen molar-refractivity contribution in [1.29, 1.82) is 0 Å². The summed E-state index contributed by atoms with van der Waals surface area (Å²) in [5.74, 6) is 3.05. The van der Waals surface area contributed by atoms with Gasteiger partial charge >= 0.3 is 0 Å². The third-order valence-electron chi connectivity index (χ3n) is 9.72. The van der Waals surface area contributed by atoms with E-state index in [1.165, 1.54) is 37.7 Å². The van der Waals surface area contributed by atoms with Crippen LogP contribution in [-0.4, -0.2) is 24.3 Å². The number of nitrogens with one attached hydrogen (secondary N) is 1. The van der Waals surface area contributed by atoms with Crippen LogP contribution in [0.4, 0.5) is 0 Å². The van der Waals surface area contributed by atoms with Crippen molar-refractivity contribution in [3.8, 4) is 0 Å². The van der Waals surface area contributed by atoms with Gasteiger partial charge in [0.1, 0.15) is 0 Å². The Morgan fingerprint density at radius 2 is 1.75 bits per heavy atom. The van der Waals surface area contributed by atoms with E-state index in [9.17, 15) is 5.11 Å². The zero-order chi connectivity index (χ0) is 19.5. The minimum atomic E-state index is -0.0860. The number of aliphatic hydroxyl groups is 1. The predicted molar refractivity (Wildman–Crippen MR) is 116 cm³/mol. The van der Waals surface area contributed by atoms with Gasteiger partial charge in [-0.05, 0) is 97.6 Å². The Morgan fingerprint density at radius 3 is 2.50 bits per heavy atom. The van der Waals surface area contributed by atoms with Crippen molar-refractivity contribution in [3.05, 3.63) is 42.0 Å². The Labute approximate surface area is 170 Å². The minimum absolute atomic E-state index is 0.0860.